The molecule has 108 valence electrons. The molecule has 0 radical (unpaired) electrons. The summed E-state index contributed by atoms with van der Waals surface area (Å²) in [6.07, 6.45) is 2.60. The molecule has 0 bridgehead atoms. The Morgan fingerprint density at radius 1 is 1.21 bits per heavy atom. The van der Waals surface area contributed by atoms with Crippen LogP contribution in [0.4, 0.5) is 0 Å². The average molecular weight is 263 g/mol. The van der Waals surface area contributed by atoms with Crippen molar-refractivity contribution in [2.24, 2.45) is 5.92 Å². The molecule has 1 fully saturated rings. The maximum atomic E-state index is 5.68. The highest BCUT2D eigenvalue weighted by molar-refractivity contribution is 5.13. The average Bonchev–Trinajstić information content (AvgIpc) is 2.83. The van der Waals surface area contributed by atoms with Crippen LogP contribution in [0, 0.1) is 5.92 Å². The van der Waals surface area contributed by atoms with Crippen LogP contribution in [0.5, 0.6) is 0 Å². The Balaban J connectivity index is 0.000000550. The Kier molecular flexibility index (Phi) is 8.52. The third kappa shape index (κ3) is 7.34. The van der Waals surface area contributed by atoms with Gasteiger partial charge in [0.25, 0.3) is 0 Å². The predicted molar refractivity (Wildman–Crippen MR) is 82.3 cm³/mol. The normalized spacial score (nSPS) is 19.0. The molecule has 0 aliphatic carbocycles. The molecule has 0 spiro atoms. The highest BCUT2D eigenvalue weighted by Gasteiger charge is 2.17. The number of likely N-dealkylation sites (tertiary alicyclic amines) is 1. The fourth-order valence-corrected chi connectivity index (χ4v) is 2.19. The fourth-order valence-electron chi connectivity index (χ4n) is 2.19. The first-order chi connectivity index (χ1) is 9.26. The van der Waals surface area contributed by atoms with Gasteiger partial charge in [-0.15, -0.1) is 0 Å². The van der Waals surface area contributed by atoms with Crippen LogP contribution in [0.1, 0.15) is 39.2 Å². The first-order valence-corrected chi connectivity index (χ1v) is 7.60. The molecule has 1 aliphatic rings. The fraction of sp³-hybridized carbons (Fsp3) is 0.647. The summed E-state index contributed by atoms with van der Waals surface area (Å²) in [6.45, 7) is 11.7. The van der Waals surface area contributed by atoms with Crippen LogP contribution in [0.25, 0.3) is 0 Å². The maximum absolute atomic E-state index is 5.68. The van der Waals surface area contributed by atoms with Gasteiger partial charge in [-0.2, -0.15) is 0 Å². The van der Waals surface area contributed by atoms with E-state index in [1.54, 1.807) is 0 Å². The van der Waals surface area contributed by atoms with E-state index in [-0.39, 0.29) is 0 Å². The number of benzene rings is 1. The topological polar surface area (TPSA) is 12.5 Å². The third-order valence-corrected chi connectivity index (χ3v) is 3.17. The largest absolute Gasteiger partial charge is 0.375 e. The smallest absolute Gasteiger partial charge is 0.0717 e. The standard InChI is InChI=1S/C14H21NO.C3H8/c1-13-7-8-15(11-13)9-10-16-12-14-5-3-2-4-6-14;1-3-2/h2-6,13H,7-12H2,1H3;3H2,1-2H3. The van der Waals surface area contributed by atoms with Crippen molar-refractivity contribution in [1.29, 1.82) is 0 Å². The Morgan fingerprint density at radius 3 is 2.47 bits per heavy atom. The van der Waals surface area contributed by atoms with E-state index in [0.717, 1.165) is 25.7 Å². The summed E-state index contributed by atoms with van der Waals surface area (Å²) in [5.74, 6) is 0.870. The van der Waals surface area contributed by atoms with E-state index >= 15 is 0 Å². The van der Waals surface area contributed by atoms with Crippen LogP contribution in [-0.2, 0) is 11.3 Å². The second-order valence-corrected chi connectivity index (χ2v) is 5.44. The molecule has 1 atom stereocenters. The lowest BCUT2D eigenvalue weighted by molar-refractivity contribution is 0.0984. The molecule has 1 saturated heterocycles. The number of rotatable bonds is 5. The van der Waals surface area contributed by atoms with Crippen molar-refractivity contribution >= 4 is 0 Å². The molecule has 1 aliphatic heterocycles. The highest BCUT2D eigenvalue weighted by Crippen LogP contribution is 2.14. The van der Waals surface area contributed by atoms with Crippen LogP contribution in [-0.4, -0.2) is 31.1 Å². The zero-order valence-electron chi connectivity index (χ0n) is 12.8. The minimum Gasteiger partial charge on any atom is -0.375 e. The van der Waals surface area contributed by atoms with E-state index in [1.807, 2.05) is 6.07 Å². The summed E-state index contributed by atoms with van der Waals surface area (Å²) < 4.78 is 5.68. The number of ether oxygens (including phenoxy) is 1. The Bertz CT molecular complexity index is 312. The summed E-state index contributed by atoms with van der Waals surface area (Å²) in [5.41, 5.74) is 1.26. The van der Waals surface area contributed by atoms with Gasteiger partial charge in [0.1, 0.15) is 0 Å². The summed E-state index contributed by atoms with van der Waals surface area (Å²) in [6, 6.07) is 10.4. The quantitative estimate of drug-likeness (QED) is 0.746. The minimum absolute atomic E-state index is 0.740. The summed E-state index contributed by atoms with van der Waals surface area (Å²) in [5, 5.41) is 0. The molecular formula is C17H29NO. The molecule has 1 heterocycles. The van der Waals surface area contributed by atoms with Gasteiger partial charge in [-0.1, -0.05) is 57.5 Å². The SMILES string of the molecule is CC1CCN(CCOCc2ccccc2)C1.CCC. The minimum atomic E-state index is 0.740. The highest BCUT2D eigenvalue weighted by atomic mass is 16.5. The van der Waals surface area contributed by atoms with Crippen molar-refractivity contribution < 1.29 is 4.74 Å². The predicted octanol–water partition coefficient (Wildman–Crippen LogP) is 3.96. The van der Waals surface area contributed by atoms with Crippen LogP contribution < -0.4 is 0 Å². The lowest BCUT2D eigenvalue weighted by Gasteiger charge is -2.14. The number of hydrogen-bond donors (Lipinski definition) is 0. The van der Waals surface area contributed by atoms with Gasteiger partial charge in [0.2, 0.25) is 0 Å². The molecule has 2 nitrogen and oxygen atoms in total. The van der Waals surface area contributed by atoms with Crippen LogP contribution in [0.15, 0.2) is 30.3 Å². The monoisotopic (exact) mass is 263 g/mol. The van der Waals surface area contributed by atoms with Crippen molar-refractivity contribution in [3.63, 3.8) is 0 Å². The summed E-state index contributed by atoms with van der Waals surface area (Å²) >= 11 is 0. The van der Waals surface area contributed by atoms with Gasteiger partial charge < -0.3 is 9.64 Å². The van der Waals surface area contributed by atoms with Gasteiger partial charge in [-0.25, -0.2) is 0 Å². The molecule has 0 amide bonds. The molecule has 1 aromatic rings. The van der Waals surface area contributed by atoms with E-state index < -0.39 is 0 Å². The van der Waals surface area contributed by atoms with E-state index in [4.69, 9.17) is 4.74 Å². The molecule has 19 heavy (non-hydrogen) atoms. The van der Waals surface area contributed by atoms with Crippen molar-refractivity contribution in [1.82, 2.24) is 4.90 Å². The van der Waals surface area contributed by atoms with Crippen LogP contribution >= 0.6 is 0 Å². The van der Waals surface area contributed by atoms with E-state index in [2.05, 4.69) is 49.9 Å². The molecule has 1 unspecified atom stereocenters. The number of nitrogens with zero attached hydrogens (tertiary/aromatic N) is 1. The second kappa shape index (κ2) is 9.99. The van der Waals surface area contributed by atoms with Crippen LogP contribution in [0.3, 0.4) is 0 Å². The Labute approximate surface area is 118 Å². The van der Waals surface area contributed by atoms with Crippen LogP contribution in [0.2, 0.25) is 0 Å². The zero-order chi connectivity index (χ0) is 13.9. The van der Waals surface area contributed by atoms with E-state index in [0.29, 0.717) is 0 Å². The van der Waals surface area contributed by atoms with Gasteiger partial charge in [-0.3, -0.25) is 0 Å². The van der Waals surface area contributed by atoms with Gasteiger partial charge in [0, 0.05) is 13.1 Å². The molecule has 2 heteroatoms. The summed E-state index contributed by atoms with van der Waals surface area (Å²) in [4.78, 5) is 2.50. The molecule has 1 aromatic carbocycles. The lowest BCUT2D eigenvalue weighted by atomic mass is 10.2. The van der Waals surface area contributed by atoms with Gasteiger partial charge >= 0.3 is 0 Å². The van der Waals surface area contributed by atoms with Crippen molar-refractivity contribution in [2.75, 3.05) is 26.2 Å². The Hall–Kier alpha value is -0.860. The molecule has 0 saturated carbocycles. The molecule has 2 rings (SSSR count). The van der Waals surface area contributed by atoms with E-state index in [1.165, 1.54) is 31.5 Å². The zero-order valence-corrected chi connectivity index (χ0v) is 12.8. The van der Waals surface area contributed by atoms with E-state index in [9.17, 15) is 0 Å². The van der Waals surface area contributed by atoms with Gasteiger partial charge in [-0.05, 0) is 24.4 Å². The van der Waals surface area contributed by atoms with Gasteiger partial charge in [0.05, 0.1) is 13.2 Å². The van der Waals surface area contributed by atoms with Crippen molar-refractivity contribution in [3.05, 3.63) is 35.9 Å². The second-order valence-electron chi connectivity index (χ2n) is 5.44. The lowest BCUT2D eigenvalue weighted by Crippen LogP contribution is -2.24. The van der Waals surface area contributed by atoms with Crippen molar-refractivity contribution in [2.45, 2.75) is 40.2 Å². The maximum Gasteiger partial charge on any atom is 0.0717 e. The van der Waals surface area contributed by atoms with Crippen molar-refractivity contribution in [3.8, 4) is 0 Å². The summed E-state index contributed by atoms with van der Waals surface area (Å²) in [7, 11) is 0. The molecular weight excluding hydrogens is 234 g/mol. The molecule has 0 N–H and O–H groups in total. The third-order valence-electron chi connectivity index (χ3n) is 3.17. The molecule has 0 aromatic heterocycles. The van der Waals surface area contributed by atoms with Gasteiger partial charge in [0.15, 0.2) is 0 Å². The number of hydrogen-bond acceptors (Lipinski definition) is 2. The first-order valence-electron chi connectivity index (χ1n) is 7.60. The first kappa shape index (κ1) is 16.2. The Morgan fingerprint density at radius 2 is 1.89 bits per heavy atom.